The van der Waals surface area contributed by atoms with Gasteiger partial charge in [0.1, 0.15) is 0 Å². The minimum Gasteiger partial charge on any atom is -0.307 e. The predicted molar refractivity (Wildman–Crippen MR) is 84.8 cm³/mol. The van der Waals surface area contributed by atoms with E-state index >= 15 is 0 Å². The molecule has 1 aromatic rings. The molecule has 1 aliphatic carbocycles. The SMILES string of the molecule is CC1CNC(c2ccccc2)CN1C1CCCC1(C)C. The monoisotopic (exact) mass is 272 g/mol. The molecule has 2 aliphatic rings. The molecule has 1 heterocycles. The summed E-state index contributed by atoms with van der Waals surface area (Å²) in [5.41, 5.74) is 1.91. The quantitative estimate of drug-likeness (QED) is 0.885. The molecule has 110 valence electrons. The Hall–Kier alpha value is -0.860. The lowest BCUT2D eigenvalue weighted by atomic mass is 9.84. The molecule has 1 aliphatic heterocycles. The van der Waals surface area contributed by atoms with E-state index < -0.39 is 0 Å². The van der Waals surface area contributed by atoms with Gasteiger partial charge in [-0.1, -0.05) is 50.6 Å². The van der Waals surface area contributed by atoms with Crippen LogP contribution in [-0.2, 0) is 0 Å². The van der Waals surface area contributed by atoms with Crippen molar-refractivity contribution in [3.8, 4) is 0 Å². The zero-order chi connectivity index (χ0) is 14.2. The highest BCUT2D eigenvalue weighted by molar-refractivity contribution is 5.20. The van der Waals surface area contributed by atoms with Crippen molar-refractivity contribution in [2.75, 3.05) is 13.1 Å². The van der Waals surface area contributed by atoms with Crippen LogP contribution in [0.15, 0.2) is 30.3 Å². The molecule has 1 aromatic carbocycles. The first kappa shape index (κ1) is 14.1. The number of nitrogens with zero attached hydrogens (tertiary/aromatic N) is 1. The van der Waals surface area contributed by atoms with Crippen molar-refractivity contribution in [1.82, 2.24) is 10.2 Å². The second-order valence-electron chi connectivity index (χ2n) is 7.31. The van der Waals surface area contributed by atoms with Gasteiger partial charge in [-0.3, -0.25) is 4.90 Å². The molecule has 0 spiro atoms. The zero-order valence-corrected chi connectivity index (χ0v) is 13.1. The van der Waals surface area contributed by atoms with Crippen LogP contribution in [0.25, 0.3) is 0 Å². The molecule has 0 bridgehead atoms. The topological polar surface area (TPSA) is 15.3 Å². The van der Waals surface area contributed by atoms with Crippen molar-refractivity contribution < 1.29 is 0 Å². The number of nitrogens with one attached hydrogen (secondary N) is 1. The summed E-state index contributed by atoms with van der Waals surface area (Å²) in [5, 5.41) is 3.72. The second-order valence-corrected chi connectivity index (χ2v) is 7.31. The lowest BCUT2D eigenvalue weighted by molar-refractivity contribution is 0.0422. The Morgan fingerprint density at radius 3 is 2.60 bits per heavy atom. The summed E-state index contributed by atoms with van der Waals surface area (Å²) in [6, 6.07) is 12.8. The third-order valence-electron chi connectivity index (χ3n) is 5.42. The smallest absolute Gasteiger partial charge is 0.0450 e. The Kier molecular flexibility index (Phi) is 3.87. The van der Waals surface area contributed by atoms with Gasteiger partial charge in [-0.25, -0.2) is 0 Å². The number of piperazine rings is 1. The minimum absolute atomic E-state index is 0.479. The van der Waals surface area contributed by atoms with Crippen LogP contribution in [0, 0.1) is 5.41 Å². The van der Waals surface area contributed by atoms with E-state index in [-0.39, 0.29) is 0 Å². The standard InChI is InChI=1S/C18H28N2/c1-14-12-19-16(15-8-5-4-6-9-15)13-20(14)17-10-7-11-18(17,2)3/h4-6,8-9,14,16-17,19H,7,10-13H2,1-3H3. The Morgan fingerprint density at radius 2 is 1.95 bits per heavy atom. The molecule has 2 fully saturated rings. The number of rotatable bonds is 2. The predicted octanol–water partition coefficient (Wildman–Crippen LogP) is 3.60. The maximum Gasteiger partial charge on any atom is 0.0450 e. The first-order valence-corrected chi connectivity index (χ1v) is 8.12. The largest absolute Gasteiger partial charge is 0.307 e. The molecule has 3 unspecified atom stereocenters. The van der Waals surface area contributed by atoms with Crippen molar-refractivity contribution in [1.29, 1.82) is 0 Å². The van der Waals surface area contributed by atoms with Crippen molar-refractivity contribution in [3.05, 3.63) is 35.9 Å². The molecule has 1 saturated heterocycles. The average Bonchev–Trinajstić information content (AvgIpc) is 2.80. The zero-order valence-electron chi connectivity index (χ0n) is 13.1. The van der Waals surface area contributed by atoms with Crippen LogP contribution in [-0.4, -0.2) is 30.1 Å². The molecule has 20 heavy (non-hydrogen) atoms. The van der Waals surface area contributed by atoms with E-state index in [1.165, 1.54) is 24.8 Å². The summed E-state index contributed by atoms with van der Waals surface area (Å²) in [6.45, 7) is 9.54. The fourth-order valence-electron chi connectivity index (χ4n) is 4.15. The maximum atomic E-state index is 3.72. The lowest BCUT2D eigenvalue weighted by Gasteiger charge is -2.46. The van der Waals surface area contributed by atoms with Gasteiger partial charge in [0.2, 0.25) is 0 Å². The first-order chi connectivity index (χ1) is 9.58. The van der Waals surface area contributed by atoms with Gasteiger partial charge in [0.25, 0.3) is 0 Å². The van der Waals surface area contributed by atoms with E-state index in [0.717, 1.165) is 19.1 Å². The van der Waals surface area contributed by atoms with Crippen LogP contribution in [0.1, 0.15) is 51.6 Å². The molecular formula is C18H28N2. The van der Waals surface area contributed by atoms with Gasteiger partial charge in [0.15, 0.2) is 0 Å². The fraction of sp³-hybridized carbons (Fsp3) is 0.667. The van der Waals surface area contributed by atoms with Gasteiger partial charge in [0.05, 0.1) is 0 Å². The van der Waals surface area contributed by atoms with Crippen LogP contribution in [0.4, 0.5) is 0 Å². The first-order valence-electron chi connectivity index (χ1n) is 8.12. The van der Waals surface area contributed by atoms with Gasteiger partial charge < -0.3 is 5.32 Å². The molecule has 2 nitrogen and oxygen atoms in total. The molecule has 0 amide bonds. The minimum atomic E-state index is 0.479. The van der Waals surface area contributed by atoms with Gasteiger partial charge in [-0.2, -0.15) is 0 Å². The van der Waals surface area contributed by atoms with Crippen molar-refractivity contribution in [2.24, 2.45) is 5.41 Å². The molecule has 0 radical (unpaired) electrons. The van der Waals surface area contributed by atoms with Gasteiger partial charge in [-0.05, 0) is 30.7 Å². The molecule has 3 atom stereocenters. The Balaban J connectivity index is 1.77. The van der Waals surface area contributed by atoms with E-state index in [1.807, 2.05) is 0 Å². The summed E-state index contributed by atoms with van der Waals surface area (Å²) in [7, 11) is 0. The molecule has 2 heteroatoms. The Bertz CT molecular complexity index is 440. The number of hydrogen-bond acceptors (Lipinski definition) is 2. The van der Waals surface area contributed by atoms with Crippen LogP contribution in [0.3, 0.4) is 0 Å². The molecule has 0 aromatic heterocycles. The second kappa shape index (κ2) is 5.50. The van der Waals surface area contributed by atoms with Crippen molar-refractivity contribution in [2.45, 2.75) is 58.2 Å². The maximum absolute atomic E-state index is 3.72. The molecule has 3 rings (SSSR count). The Labute approximate surface area is 123 Å². The molecule has 1 saturated carbocycles. The highest BCUT2D eigenvalue weighted by atomic mass is 15.3. The van der Waals surface area contributed by atoms with Gasteiger partial charge in [0, 0.05) is 31.2 Å². The molecule has 1 N–H and O–H groups in total. The summed E-state index contributed by atoms with van der Waals surface area (Å²) in [6.07, 6.45) is 4.15. The van der Waals surface area contributed by atoms with Crippen LogP contribution >= 0.6 is 0 Å². The highest BCUT2D eigenvalue weighted by Gasteiger charge is 2.41. The third-order valence-corrected chi connectivity index (χ3v) is 5.42. The fourth-order valence-corrected chi connectivity index (χ4v) is 4.15. The summed E-state index contributed by atoms with van der Waals surface area (Å²) >= 11 is 0. The summed E-state index contributed by atoms with van der Waals surface area (Å²) in [4.78, 5) is 2.78. The highest BCUT2D eigenvalue weighted by Crippen LogP contribution is 2.42. The van der Waals surface area contributed by atoms with Crippen molar-refractivity contribution in [3.63, 3.8) is 0 Å². The normalized spacial score (nSPS) is 34.2. The lowest BCUT2D eigenvalue weighted by Crippen LogP contribution is -2.57. The van der Waals surface area contributed by atoms with E-state index in [4.69, 9.17) is 0 Å². The van der Waals surface area contributed by atoms with E-state index in [0.29, 0.717) is 17.5 Å². The summed E-state index contributed by atoms with van der Waals surface area (Å²) in [5.74, 6) is 0. The third kappa shape index (κ3) is 2.64. The van der Waals surface area contributed by atoms with Crippen LogP contribution in [0.2, 0.25) is 0 Å². The van der Waals surface area contributed by atoms with Crippen LogP contribution < -0.4 is 5.32 Å². The van der Waals surface area contributed by atoms with Gasteiger partial charge in [-0.15, -0.1) is 0 Å². The molecular weight excluding hydrogens is 244 g/mol. The van der Waals surface area contributed by atoms with E-state index in [1.54, 1.807) is 0 Å². The van der Waals surface area contributed by atoms with E-state index in [2.05, 4.69) is 61.3 Å². The van der Waals surface area contributed by atoms with E-state index in [9.17, 15) is 0 Å². The average molecular weight is 272 g/mol. The van der Waals surface area contributed by atoms with Gasteiger partial charge >= 0.3 is 0 Å². The van der Waals surface area contributed by atoms with Crippen LogP contribution in [0.5, 0.6) is 0 Å². The van der Waals surface area contributed by atoms with Crippen molar-refractivity contribution >= 4 is 0 Å². The Morgan fingerprint density at radius 1 is 1.20 bits per heavy atom. The summed E-state index contributed by atoms with van der Waals surface area (Å²) < 4.78 is 0. The number of benzene rings is 1. The number of hydrogen-bond donors (Lipinski definition) is 1.